The zero-order chi connectivity index (χ0) is 31.1. The summed E-state index contributed by atoms with van der Waals surface area (Å²) >= 11 is 3.59. The van der Waals surface area contributed by atoms with Crippen molar-refractivity contribution >= 4 is 39.5 Å². The van der Waals surface area contributed by atoms with E-state index >= 15 is 0 Å². The van der Waals surface area contributed by atoms with Gasteiger partial charge < -0.3 is 29.6 Å². The fourth-order valence-corrected chi connectivity index (χ4v) is 6.28. The van der Waals surface area contributed by atoms with Crippen LogP contribution in [0, 0.1) is 11.3 Å². The lowest BCUT2D eigenvalue weighted by atomic mass is 9.81. The molecular weight excluding hydrogens is 632 g/mol. The van der Waals surface area contributed by atoms with Gasteiger partial charge in [-0.05, 0) is 41.0 Å². The van der Waals surface area contributed by atoms with E-state index in [1.54, 1.807) is 53.4 Å². The average Bonchev–Trinajstić information content (AvgIpc) is 3.64. The summed E-state index contributed by atoms with van der Waals surface area (Å²) in [6, 6.07) is 19.6. The van der Waals surface area contributed by atoms with Crippen LogP contribution in [-0.2, 0) is 32.2 Å². The van der Waals surface area contributed by atoms with Crippen molar-refractivity contribution in [1.29, 1.82) is 5.26 Å². The maximum atomic E-state index is 13.7. The van der Waals surface area contributed by atoms with Gasteiger partial charge in [0.25, 0.3) is 5.91 Å². The first-order chi connectivity index (χ1) is 21.3. The molecular formula is C32H25BrN4O7. The molecule has 0 radical (unpaired) electrons. The highest BCUT2D eigenvalue weighted by molar-refractivity contribution is 9.10. The fraction of sp³-hybridized carbons (Fsp3) is 0.188. The first kappa shape index (κ1) is 28.8. The SMILES string of the molecule is COC(=O)C1=C(C(=O)OC)N(c2cc(Br)c3c(c2)C(=O)N(Cc2ccc4c(c2)OCO4)C3)C(N)=C(C#N)C1c1ccccc1. The van der Waals surface area contributed by atoms with Gasteiger partial charge in [-0.25, -0.2) is 9.59 Å². The summed E-state index contributed by atoms with van der Waals surface area (Å²) in [5, 5.41) is 10.3. The number of ether oxygens (including phenoxy) is 4. The summed E-state index contributed by atoms with van der Waals surface area (Å²) < 4.78 is 21.7. The quantitative estimate of drug-likeness (QED) is 0.383. The maximum Gasteiger partial charge on any atom is 0.355 e. The number of nitriles is 1. The molecule has 3 heterocycles. The first-order valence-corrected chi connectivity index (χ1v) is 14.2. The number of esters is 2. The highest BCUT2D eigenvalue weighted by atomic mass is 79.9. The molecule has 0 fully saturated rings. The Morgan fingerprint density at radius 2 is 1.77 bits per heavy atom. The number of fused-ring (bicyclic) bond motifs is 2. The third-order valence-corrected chi connectivity index (χ3v) is 8.43. The van der Waals surface area contributed by atoms with Crippen molar-refractivity contribution in [1.82, 2.24) is 4.90 Å². The lowest BCUT2D eigenvalue weighted by molar-refractivity contribution is -0.139. The van der Waals surface area contributed by atoms with Crippen LogP contribution in [0.4, 0.5) is 5.69 Å². The number of hydrogen-bond donors (Lipinski definition) is 1. The minimum atomic E-state index is -1.00. The molecule has 12 heteroatoms. The third kappa shape index (κ3) is 4.71. The number of nitrogens with two attached hydrogens (primary N) is 1. The second kappa shape index (κ2) is 11.4. The lowest BCUT2D eigenvalue weighted by Gasteiger charge is -2.36. The number of nitrogens with zero attached hydrogens (tertiary/aromatic N) is 3. The maximum absolute atomic E-state index is 13.7. The van der Waals surface area contributed by atoms with Crippen LogP contribution in [0.3, 0.4) is 0 Å². The van der Waals surface area contributed by atoms with E-state index < -0.39 is 17.9 Å². The summed E-state index contributed by atoms with van der Waals surface area (Å²) in [4.78, 5) is 43.4. The van der Waals surface area contributed by atoms with Gasteiger partial charge in [0, 0.05) is 28.8 Å². The van der Waals surface area contributed by atoms with Gasteiger partial charge in [0.1, 0.15) is 11.5 Å². The van der Waals surface area contributed by atoms with Gasteiger partial charge in [0.05, 0.1) is 37.4 Å². The molecule has 222 valence electrons. The number of hydrogen-bond acceptors (Lipinski definition) is 10. The number of anilines is 1. The van der Waals surface area contributed by atoms with Crippen molar-refractivity contribution in [3.8, 4) is 17.6 Å². The Balaban J connectivity index is 1.46. The van der Waals surface area contributed by atoms with Crippen molar-refractivity contribution in [2.45, 2.75) is 19.0 Å². The van der Waals surface area contributed by atoms with Gasteiger partial charge in [-0.2, -0.15) is 5.26 Å². The topological polar surface area (TPSA) is 144 Å². The Hall–Kier alpha value is -5.28. The van der Waals surface area contributed by atoms with Crippen LogP contribution in [0.2, 0.25) is 0 Å². The Morgan fingerprint density at radius 1 is 1.05 bits per heavy atom. The molecule has 3 aromatic rings. The van der Waals surface area contributed by atoms with E-state index in [4.69, 9.17) is 24.7 Å². The summed E-state index contributed by atoms with van der Waals surface area (Å²) in [5.74, 6) is -1.79. The van der Waals surface area contributed by atoms with Crippen LogP contribution in [0.1, 0.15) is 33.0 Å². The third-order valence-electron chi connectivity index (χ3n) is 7.73. The molecule has 0 aromatic heterocycles. The Kier molecular flexibility index (Phi) is 7.48. The molecule has 6 rings (SSSR count). The molecule has 0 saturated heterocycles. The minimum Gasteiger partial charge on any atom is -0.466 e. The molecule has 11 nitrogen and oxygen atoms in total. The number of carbonyl (C=O) groups is 3. The van der Waals surface area contributed by atoms with E-state index in [0.717, 1.165) is 11.1 Å². The van der Waals surface area contributed by atoms with Crippen LogP contribution in [0.5, 0.6) is 11.5 Å². The second-order valence-corrected chi connectivity index (χ2v) is 11.0. The summed E-state index contributed by atoms with van der Waals surface area (Å²) in [7, 11) is 2.36. The molecule has 1 unspecified atom stereocenters. The number of amides is 1. The number of methoxy groups -OCH3 is 2. The molecule has 0 aliphatic carbocycles. The predicted molar refractivity (Wildman–Crippen MR) is 160 cm³/mol. The van der Waals surface area contributed by atoms with E-state index in [1.807, 2.05) is 12.1 Å². The van der Waals surface area contributed by atoms with Crippen molar-refractivity contribution in [3.63, 3.8) is 0 Å². The van der Waals surface area contributed by atoms with Gasteiger partial charge in [0.15, 0.2) is 11.5 Å². The van der Waals surface area contributed by atoms with Crippen LogP contribution < -0.4 is 20.1 Å². The largest absolute Gasteiger partial charge is 0.466 e. The van der Waals surface area contributed by atoms with Gasteiger partial charge in [0.2, 0.25) is 6.79 Å². The van der Waals surface area contributed by atoms with Crippen LogP contribution in [-0.4, -0.2) is 43.8 Å². The Labute approximate surface area is 260 Å². The highest BCUT2D eigenvalue weighted by Crippen LogP contribution is 2.45. The number of rotatable bonds is 6. The van der Waals surface area contributed by atoms with E-state index in [2.05, 4.69) is 22.0 Å². The van der Waals surface area contributed by atoms with Gasteiger partial charge in [-0.1, -0.05) is 52.3 Å². The van der Waals surface area contributed by atoms with Crippen LogP contribution >= 0.6 is 15.9 Å². The highest BCUT2D eigenvalue weighted by Gasteiger charge is 2.43. The lowest BCUT2D eigenvalue weighted by Crippen LogP contribution is -2.40. The first-order valence-electron chi connectivity index (χ1n) is 13.4. The monoisotopic (exact) mass is 656 g/mol. The van der Waals surface area contributed by atoms with E-state index in [0.29, 0.717) is 40.2 Å². The molecule has 0 saturated carbocycles. The van der Waals surface area contributed by atoms with Crippen LogP contribution in [0.15, 0.2) is 87.8 Å². The van der Waals surface area contributed by atoms with Crippen LogP contribution in [0.25, 0.3) is 0 Å². The number of allylic oxidation sites excluding steroid dienone is 1. The standard InChI is InChI=1S/C32H25BrN4O7/c1-41-31(39)27-26(18-6-4-3-5-7-18)21(13-34)29(35)37(28(27)32(40)42-2)19-11-20-22(23(33)12-19)15-36(30(20)38)14-17-8-9-24-25(10-17)44-16-43-24/h3-12,26H,14-16,35H2,1-2H3. The molecule has 44 heavy (non-hydrogen) atoms. The second-order valence-electron chi connectivity index (χ2n) is 10.1. The number of halogens is 1. The molecule has 0 spiro atoms. The fourth-order valence-electron chi connectivity index (χ4n) is 5.70. The van der Waals surface area contributed by atoms with Gasteiger partial charge >= 0.3 is 11.9 Å². The van der Waals surface area contributed by atoms with Crippen molar-refractivity contribution < 1.29 is 33.3 Å². The average molecular weight is 657 g/mol. The van der Waals surface area contributed by atoms with Gasteiger partial charge in [-0.3, -0.25) is 9.69 Å². The molecule has 1 amide bonds. The van der Waals surface area contributed by atoms with Crippen molar-refractivity contribution in [2.75, 3.05) is 25.9 Å². The van der Waals surface area contributed by atoms with E-state index in [-0.39, 0.29) is 41.1 Å². The Bertz CT molecular complexity index is 1830. The number of benzene rings is 3. The smallest absolute Gasteiger partial charge is 0.355 e. The molecule has 3 aliphatic heterocycles. The van der Waals surface area contributed by atoms with E-state index in [9.17, 15) is 19.6 Å². The molecule has 0 bridgehead atoms. The van der Waals surface area contributed by atoms with Crippen molar-refractivity contribution in [3.05, 3.63) is 110 Å². The zero-order valence-corrected chi connectivity index (χ0v) is 25.2. The normalized spacial score (nSPS) is 17.0. The predicted octanol–water partition coefficient (Wildman–Crippen LogP) is 4.23. The molecule has 3 aromatic carbocycles. The van der Waals surface area contributed by atoms with Crippen molar-refractivity contribution in [2.24, 2.45) is 5.73 Å². The molecule has 2 N–H and O–H groups in total. The molecule has 3 aliphatic rings. The minimum absolute atomic E-state index is 0.0247. The van der Waals surface area contributed by atoms with Gasteiger partial charge in [-0.15, -0.1) is 0 Å². The molecule has 1 atom stereocenters. The van der Waals surface area contributed by atoms with E-state index in [1.165, 1.54) is 19.1 Å². The Morgan fingerprint density at radius 3 is 2.48 bits per heavy atom. The zero-order valence-electron chi connectivity index (χ0n) is 23.6. The number of carbonyl (C=O) groups excluding carboxylic acids is 3. The summed E-state index contributed by atoms with van der Waals surface area (Å²) in [5.41, 5.74) is 9.11. The summed E-state index contributed by atoms with van der Waals surface area (Å²) in [6.45, 7) is 0.784. The summed E-state index contributed by atoms with van der Waals surface area (Å²) in [6.07, 6.45) is 0.